The van der Waals surface area contributed by atoms with E-state index in [9.17, 15) is 9.18 Å². The second-order valence-electron chi connectivity index (χ2n) is 7.23. The van der Waals surface area contributed by atoms with E-state index in [0.717, 1.165) is 50.1 Å². The van der Waals surface area contributed by atoms with E-state index >= 15 is 0 Å². The molecule has 3 N–H and O–H groups in total. The Morgan fingerprint density at radius 1 is 1.35 bits per heavy atom. The van der Waals surface area contributed by atoms with Crippen molar-refractivity contribution in [1.29, 1.82) is 0 Å². The Morgan fingerprint density at radius 2 is 2.08 bits per heavy atom. The molecule has 1 amide bonds. The lowest BCUT2D eigenvalue weighted by molar-refractivity contribution is 0.100. The highest BCUT2D eigenvalue weighted by Crippen LogP contribution is 2.41. The van der Waals surface area contributed by atoms with Gasteiger partial charge in [0, 0.05) is 11.0 Å². The van der Waals surface area contributed by atoms with Gasteiger partial charge in [0.1, 0.15) is 17.0 Å². The molecule has 1 aliphatic heterocycles. The van der Waals surface area contributed by atoms with Gasteiger partial charge in [-0.1, -0.05) is 13.8 Å². The zero-order valence-corrected chi connectivity index (χ0v) is 15.2. The number of hydrogen-bond donors (Lipinski definition) is 2. The Morgan fingerprint density at radius 3 is 2.69 bits per heavy atom. The molecule has 2 aromatic heterocycles. The first-order chi connectivity index (χ1) is 12.5. The van der Waals surface area contributed by atoms with Gasteiger partial charge in [-0.2, -0.15) is 5.10 Å². The topological polar surface area (TPSA) is 79.4 Å². The molecule has 0 unspecified atom stereocenters. The van der Waals surface area contributed by atoms with Crippen molar-refractivity contribution < 1.29 is 9.18 Å². The molecular weight excluding hydrogens is 333 g/mol. The molecule has 1 fully saturated rings. The average molecular weight is 357 g/mol. The molecule has 4 rings (SSSR count). The van der Waals surface area contributed by atoms with Gasteiger partial charge in [0.15, 0.2) is 0 Å². The van der Waals surface area contributed by atoms with Crippen molar-refractivity contribution in [2.45, 2.75) is 38.5 Å². The zero-order chi connectivity index (χ0) is 18.5. The van der Waals surface area contributed by atoms with E-state index in [-0.39, 0.29) is 11.0 Å². The number of primary amides is 1. The van der Waals surface area contributed by atoms with Crippen LogP contribution in [0.5, 0.6) is 0 Å². The number of likely N-dealkylation sites (tertiary alicyclic amines) is 1. The van der Waals surface area contributed by atoms with Gasteiger partial charge in [-0.3, -0.25) is 4.79 Å². The van der Waals surface area contributed by atoms with E-state index in [4.69, 9.17) is 5.73 Å². The molecule has 26 heavy (non-hydrogen) atoms. The van der Waals surface area contributed by atoms with Gasteiger partial charge in [0.05, 0.1) is 17.3 Å². The van der Waals surface area contributed by atoms with Crippen LogP contribution in [-0.4, -0.2) is 45.0 Å². The predicted molar refractivity (Wildman–Crippen MR) is 98.8 cm³/mol. The number of aromatic amines is 1. The maximum absolute atomic E-state index is 13.9. The summed E-state index contributed by atoms with van der Waals surface area (Å²) in [4.78, 5) is 17.5. The van der Waals surface area contributed by atoms with Crippen LogP contribution in [0.3, 0.4) is 0 Å². The average Bonchev–Trinajstić information content (AvgIpc) is 3.19. The largest absolute Gasteiger partial charge is 0.366 e. The number of carbonyl (C=O) groups excluding carboxylic acids is 1. The molecule has 0 aliphatic carbocycles. The van der Waals surface area contributed by atoms with Crippen LogP contribution in [0.25, 0.3) is 16.7 Å². The lowest BCUT2D eigenvalue weighted by atomic mass is 9.72. The summed E-state index contributed by atoms with van der Waals surface area (Å²) in [7, 11) is 0. The number of nitrogens with two attached hydrogens (primary N) is 1. The van der Waals surface area contributed by atoms with E-state index in [1.807, 2.05) is 6.20 Å². The Hall–Kier alpha value is -2.41. The van der Waals surface area contributed by atoms with E-state index in [1.165, 1.54) is 12.1 Å². The summed E-state index contributed by atoms with van der Waals surface area (Å²) in [6.07, 6.45) is 5.03. The molecule has 1 aromatic carbocycles. The van der Waals surface area contributed by atoms with Crippen LogP contribution in [0.4, 0.5) is 4.39 Å². The van der Waals surface area contributed by atoms with Crippen molar-refractivity contribution in [2.75, 3.05) is 19.6 Å². The number of piperidine rings is 1. The van der Waals surface area contributed by atoms with Crippen LogP contribution in [0, 0.1) is 5.82 Å². The van der Waals surface area contributed by atoms with Crippen molar-refractivity contribution in [3.63, 3.8) is 0 Å². The monoisotopic (exact) mass is 357 g/mol. The highest BCUT2D eigenvalue weighted by molar-refractivity contribution is 6.05. The third-order valence-corrected chi connectivity index (χ3v) is 6.08. The van der Waals surface area contributed by atoms with Gasteiger partial charge in [-0.05, 0) is 51.0 Å². The summed E-state index contributed by atoms with van der Waals surface area (Å²) in [5.74, 6) is -1.15. The Labute approximate surface area is 151 Å². The number of benzene rings is 1. The van der Waals surface area contributed by atoms with Gasteiger partial charge in [-0.25, -0.2) is 8.91 Å². The van der Waals surface area contributed by atoms with Crippen molar-refractivity contribution >= 4 is 22.6 Å². The quantitative estimate of drug-likeness (QED) is 0.753. The third kappa shape index (κ3) is 2.41. The molecule has 7 heteroatoms. The van der Waals surface area contributed by atoms with Gasteiger partial charge >= 0.3 is 0 Å². The Kier molecular flexibility index (Phi) is 3.99. The molecule has 0 atom stereocenters. The van der Waals surface area contributed by atoms with E-state index in [0.29, 0.717) is 11.0 Å². The molecule has 138 valence electrons. The number of aromatic nitrogens is 3. The number of rotatable bonds is 4. The molecule has 0 saturated carbocycles. The molecule has 1 aliphatic rings. The van der Waals surface area contributed by atoms with Gasteiger partial charge < -0.3 is 15.6 Å². The molecule has 0 spiro atoms. The smallest absolute Gasteiger partial charge is 0.251 e. The molecule has 0 radical (unpaired) electrons. The van der Waals surface area contributed by atoms with Crippen molar-refractivity contribution in [3.05, 3.63) is 35.3 Å². The van der Waals surface area contributed by atoms with Crippen LogP contribution in [0.1, 0.15) is 49.0 Å². The minimum absolute atomic E-state index is 0.0414. The number of halogens is 1. The fourth-order valence-electron chi connectivity index (χ4n) is 4.38. The highest BCUT2D eigenvalue weighted by atomic mass is 19.1. The summed E-state index contributed by atoms with van der Waals surface area (Å²) in [5, 5.41) is 4.53. The van der Waals surface area contributed by atoms with Crippen LogP contribution in [0.15, 0.2) is 18.3 Å². The minimum Gasteiger partial charge on any atom is -0.366 e. The first-order valence-electron chi connectivity index (χ1n) is 9.20. The van der Waals surface area contributed by atoms with Gasteiger partial charge in [0.25, 0.3) is 5.91 Å². The first kappa shape index (κ1) is 17.0. The van der Waals surface area contributed by atoms with Gasteiger partial charge in [-0.15, -0.1) is 0 Å². The predicted octanol–water partition coefficient (Wildman–Crippen LogP) is 2.82. The van der Waals surface area contributed by atoms with Crippen molar-refractivity contribution in [3.8, 4) is 0 Å². The molecule has 3 heterocycles. The lowest BCUT2D eigenvalue weighted by Gasteiger charge is -2.40. The number of nitrogens with zero attached hydrogens (tertiary/aromatic N) is 3. The summed E-state index contributed by atoms with van der Waals surface area (Å²) in [6, 6.07) is 2.56. The molecule has 3 aromatic rings. The van der Waals surface area contributed by atoms with Crippen LogP contribution in [0.2, 0.25) is 0 Å². The summed E-state index contributed by atoms with van der Waals surface area (Å²) in [6.45, 7) is 7.58. The summed E-state index contributed by atoms with van der Waals surface area (Å²) < 4.78 is 15.6. The number of fused-ring (bicyclic) bond motifs is 3. The maximum atomic E-state index is 13.9. The van der Waals surface area contributed by atoms with Crippen LogP contribution in [-0.2, 0) is 5.41 Å². The van der Waals surface area contributed by atoms with Crippen LogP contribution < -0.4 is 5.73 Å². The number of H-pyrrole nitrogens is 1. The van der Waals surface area contributed by atoms with Gasteiger partial charge in [0.2, 0.25) is 0 Å². The SMILES string of the molecule is CCN1CCC(CC)(c2cnn3c2[nH]c2cc(F)cc(C(N)=O)c23)CC1. The number of hydrogen-bond acceptors (Lipinski definition) is 3. The Balaban J connectivity index is 1.90. The fraction of sp³-hybridized carbons (Fsp3) is 0.474. The first-order valence-corrected chi connectivity index (χ1v) is 9.20. The van der Waals surface area contributed by atoms with Crippen molar-refractivity contribution in [1.82, 2.24) is 19.5 Å². The number of imidazole rings is 1. The molecule has 1 saturated heterocycles. The number of nitrogens with one attached hydrogen (secondary N) is 1. The molecule has 6 nitrogen and oxygen atoms in total. The second-order valence-corrected chi connectivity index (χ2v) is 7.23. The standard InChI is InChI=1S/C19H24FN5O/c1-3-19(5-7-24(4-2)8-6-19)14-11-22-25-16-13(17(21)26)9-12(20)10-15(16)23-18(14)25/h9-11,23H,3-8H2,1-2H3,(H2,21,26). The third-order valence-electron chi connectivity index (χ3n) is 6.08. The van der Waals surface area contributed by atoms with E-state index < -0.39 is 11.7 Å². The second kappa shape index (κ2) is 6.09. The maximum Gasteiger partial charge on any atom is 0.251 e. The summed E-state index contributed by atoms with van der Waals surface area (Å²) in [5.41, 5.74) is 8.71. The number of carbonyl (C=O) groups is 1. The Bertz CT molecular complexity index is 981. The van der Waals surface area contributed by atoms with Crippen LogP contribution >= 0.6 is 0 Å². The van der Waals surface area contributed by atoms with E-state index in [1.54, 1.807) is 4.52 Å². The molecule has 0 bridgehead atoms. The fourth-order valence-corrected chi connectivity index (χ4v) is 4.38. The zero-order valence-electron chi connectivity index (χ0n) is 15.2. The summed E-state index contributed by atoms with van der Waals surface area (Å²) >= 11 is 0. The van der Waals surface area contributed by atoms with Crippen molar-refractivity contribution in [2.24, 2.45) is 5.73 Å². The van der Waals surface area contributed by atoms with E-state index in [2.05, 4.69) is 28.8 Å². The minimum atomic E-state index is -0.658. The number of amides is 1. The highest BCUT2D eigenvalue weighted by Gasteiger charge is 2.37. The normalized spacial score (nSPS) is 18.0. The molecular formula is C19H24FN5O. The lowest BCUT2D eigenvalue weighted by Crippen LogP contribution is -2.42.